The first-order valence-corrected chi connectivity index (χ1v) is 8.01. The summed E-state index contributed by atoms with van der Waals surface area (Å²) in [5, 5.41) is 3.39. The summed E-state index contributed by atoms with van der Waals surface area (Å²) >= 11 is 3.28. The SMILES string of the molecule is CNC1(CC(=O)N(C)Cc2ccc(Br)o2)CCCCC1. The molecule has 20 heavy (non-hydrogen) atoms. The van der Waals surface area contributed by atoms with Crippen LogP contribution < -0.4 is 5.32 Å². The largest absolute Gasteiger partial charge is 0.452 e. The number of carbonyl (C=O) groups is 1. The van der Waals surface area contributed by atoms with Crippen LogP contribution in [0.1, 0.15) is 44.3 Å². The number of amides is 1. The van der Waals surface area contributed by atoms with Crippen LogP contribution in [-0.4, -0.2) is 30.4 Å². The summed E-state index contributed by atoms with van der Waals surface area (Å²) < 4.78 is 6.15. The molecular formula is C15H23BrN2O2. The van der Waals surface area contributed by atoms with Gasteiger partial charge in [-0.25, -0.2) is 0 Å². The molecule has 0 aliphatic heterocycles. The molecule has 0 saturated heterocycles. The lowest BCUT2D eigenvalue weighted by Gasteiger charge is -2.37. The van der Waals surface area contributed by atoms with Crippen molar-refractivity contribution in [3.05, 3.63) is 22.6 Å². The second-order valence-electron chi connectivity index (χ2n) is 5.72. The van der Waals surface area contributed by atoms with Crippen molar-refractivity contribution in [2.24, 2.45) is 0 Å². The monoisotopic (exact) mass is 342 g/mol. The van der Waals surface area contributed by atoms with Crippen molar-refractivity contribution in [3.63, 3.8) is 0 Å². The van der Waals surface area contributed by atoms with E-state index in [2.05, 4.69) is 21.2 Å². The Morgan fingerprint density at radius 1 is 1.40 bits per heavy atom. The van der Waals surface area contributed by atoms with E-state index < -0.39 is 0 Å². The molecule has 0 atom stereocenters. The first-order valence-electron chi connectivity index (χ1n) is 7.22. The fourth-order valence-corrected chi connectivity index (χ4v) is 3.27. The lowest BCUT2D eigenvalue weighted by Crippen LogP contribution is -2.48. The third-order valence-corrected chi connectivity index (χ3v) is 4.70. The average Bonchev–Trinajstić information content (AvgIpc) is 2.85. The number of rotatable bonds is 5. The molecule has 0 radical (unpaired) electrons. The van der Waals surface area contributed by atoms with Gasteiger partial charge in [0.1, 0.15) is 5.76 Å². The molecule has 1 amide bonds. The van der Waals surface area contributed by atoms with Gasteiger partial charge < -0.3 is 14.6 Å². The number of furan rings is 1. The van der Waals surface area contributed by atoms with E-state index in [1.54, 1.807) is 4.90 Å². The van der Waals surface area contributed by atoms with Gasteiger partial charge in [-0.3, -0.25) is 4.79 Å². The van der Waals surface area contributed by atoms with E-state index >= 15 is 0 Å². The summed E-state index contributed by atoms with van der Waals surface area (Å²) in [5.41, 5.74) is -0.00661. The van der Waals surface area contributed by atoms with Crippen molar-refractivity contribution in [3.8, 4) is 0 Å². The molecule has 1 aromatic heterocycles. The second-order valence-corrected chi connectivity index (χ2v) is 6.50. The number of nitrogens with one attached hydrogen (secondary N) is 1. The van der Waals surface area contributed by atoms with Crippen molar-refractivity contribution in [2.45, 2.75) is 50.6 Å². The van der Waals surface area contributed by atoms with Crippen LogP contribution in [-0.2, 0) is 11.3 Å². The first-order chi connectivity index (χ1) is 9.54. The molecule has 4 nitrogen and oxygen atoms in total. The van der Waals surface area contributed by atoms with E-state index in [9.17, 15) is 4.79 Å². The molecule has 1 heterocycles. The van der Waals surface area contributed by atoms with E-state index in [1.165, 1.54) is 19.3 Å². The number of halogens is 1. The van der Waals surface area contributed by atoms with Crippen molar-refractivity contribution < 1.29 is 9.21 Å². The third kappa shape index (κ3) is 3.85. The van der Waals surface area contributed by atoms with E-state index in [1.807, 2.05) is 26.2 Å². The highest BCUT2D eigenvalue weighted by Crippen LogP contribution is 2.31. The van der Waals surface area contributed by atoms with E-state index in [4.69, 9.17) is 4.42 Å². The normalized spacial score (nSPS) is 17.9. The molecule has 0 unspecified atom stereocenters. The molecule has 1 saturated carbocycles. The van der Waals surface area contributed by atoms with Gasteiger partial charge in [-0.15, -0.1) is 0 Å². The van der Waals surface area contributed by atoms with E-state index in [0.29, 0.717) is 17.6 Å². The maximum absolute atomic E-state index is 12.4. The highest BCUT2D eigenvalue weighted by molar-refractivity contribution is 9.10. The molecular weight excluding hydrogens is 320 g/mol. The summed E-state index contributed by atoms with van der Waals surface area (Å²) in [7, 11) is 3.81. The molecule has 0 spiro atoms. The summed E-state index contributed by atoms with van der Waals surface area (Å²) in [4.78, 5) is 14.2. The van der Waals surface area contributed by atoms with Gasteiger partial charge in [0.15, 0.2) is 4.67 Å². The molecule has 1 fully saturated rings. The topological polar surface area (TPSA) is 45.5 Å². The molecule has 1 N–H and O–H groups in total. The minimum atomic E-state index is -0.00661. The summed E-state index contributed by atoms with van der Waals surface area (Å²) in [5.74, 6) is 0.976. The molecule has 0 aromatic carbocycles. The first kappa shape index (κ1) is 15.6. The van der Waals surface area contributed by atoms with Crippen LogP contribution in [0.25, 0.3) is 0 Å². The standard InChI is InChI=1S/C15H23BrN2O2/c1-17-15(8-4-3-5-9-15)10-14(19)18(2)11-12-6-7-13(16)20-12/h6-7,17H,3-5,8-11H2,1-2H3. The Morgan fingerprint density at radius 3 is 2.65 bits per heavy atom. The second kappa shape index (κ2) is 6.76. The summed E-state index contributed by atoms with van der Waals surface area (Å²) in [6.45, 7) is 0.518. The smallest absolute Gasteiger partial charge is 0.224 e. The van der Waals surface area contributed by atoms with Crippen LogP contribution in [0.15, 0.2) is 21.2 Å². The Bertz CT molecular complexity index is 452. The van der Waals surface area contributed by atoms with Crippen LogP contribution in [0.2, 0.25) is 0 Å². The molecule has 2 rings (SSSR count). The van der Waals surface area contributed by atoms with Crippen molar-refractivity contribution in [2.75, 3.05) is 14.1 Å². The zero-order chi connectivity index (χ0) is 14.6. The number of hydrogen-bond donors (Lipinski definition) is 1. The zero-order valence-electron chi connectivity index (χ0n) is 12.2. The Hall–Kier alpha value is -0.810. The predicted octanol–water partition coefficient (Wildman–Crippen LogP) is 3.31. The maximum atomic E-state index is 12.4. The van der Waals surface area contributed by atoms with E-state index in [0.717, 1.165) is 18.6 Å². The zero-order valence-corrected chi connectivity index (χ0v) is 13.8. The number of hydrogen-bond acceptors (Lipinski definition) is 3. The fraction of sp³-hybridized carbons (Fsp3) is 0.667. The fourth-order valence-electron chi connectivity index (χ4n) is 2.93. The minimum absolute atomic E-state index is 0.00661. The average molecular weight is 343 g/mol. The lowest BCUT2D eigenvalue weighted by molar-refractivity contribution is -0.132. The summed E-state index contributed by atoms with van der Waals surface area (Å²) in [6.07, 6.45) is 6.46. The van der Waals surface area contributed by atoms with Crippen LogP contribution in [0.3, 0.4) is 0 Å². The molecule has 1 aliphatic rings. The van der Waals surface area contributed by atoms with Crippen molar-refractivity contribution in [1.29, 1.82) is 0 Å². The predicted molar refractivity (Wildman–Crippen MR) is 82.4 cm³/mol. The Morgan fingerprint density at radius 2 is 2.10 bits per heavy atom. The molecule has 0 bridgehead atoms. The van der Waals surface area contributed by atoms with E-state index in [-0.39, 0.29) is 11.4 Å². The van der Waals surface area contributed by atoms with Gasteiger partial charge in [0.05, 0.1) is 6.54 Å². The van der Waals surface area contributed by atoms with Gasteiger partial charge in [-0.05, 0) is 48.0 Å². The van der Waals surface area contributed by atoms with Crippen molar-refractivity contribution in [1.82, 2.24) is 10.2 Å². The van der Waals surface area contributed by atoms with Gasteiger partial charge >= 0.3 is 0 Å². The highest BCUT2D eigenvalue weighted by Gasteiger charge is 2.33. The Labute approximate surface area is 129 Å². The molecule has 1 aromatic rings. The third-order valence-electron chi connectivity index (χ3n) is 4.28. The Balaban J connectivity index is 1.92. The van der Waals surface area contributed by atoms with Gasteiger partial charge in [0, 0.05) is 19.0 Å². The van der Waals surface area contributed by atoms with Gasteiger partial charge in [0.2, 0.25) is 5.91 Å². The van der Waals surface area contributed by atoms with Crippen molar-refractivity contribution >= 4 is 21.8 Å². The molecule has 5 heteroatoms. The van der Waals surface area contributed by atoms with Crippen LogP contribution in [0.4, 0.5) is 0 Å². The summed E-state index contributed by atoms with van der Waals surface area (Å²) in [6, 6.07) is 3.74. The number of nitrogens with zero attached hydrogens (tertiary/aromatic N) is 1. The van der Waals surface area contributed by atoms with Crippen LogP contribution in [0.5, 0.6) is 0 Å². The minimum Gasteiger partial charge on any atom is -0.452 e. The van der Waals surface area contributed by atoms with Crippen LogP contribution in [0, 0.1) is 0 Å². The highest BCUT2D eigenvalue weighted by atomic mass is 79.9. The Kier molecular flexibility index (Phi) is 5.27. The quantitative estimate of drug-likeness (QED) is 0.892. The van der Waals surface area contributed by atoms with Gasteiger partial charge in [0.25, 0.3) is 0 Å². The van der Waals surface area contributed by atoms with Gasteiger partial charge in [-0.2, -0.15) is 0 Å². The van der Waals surface area contributed by atoms with Crippen LogP contribution >= 0.6 is 15.9 Å². The number of carbonyl (C=O) groups excluding carboxylic acids is 1. The molecule has 112 valence electrons. The molecule has 1 aliphatic carbocycles. The lowest BCUT2D eigenvalue weighted by atomic mass is 9.79. The maximum Gasteiger partial charge on any atom is 0.224 e. The van der Waals surface area contributed by atoms with Gasteiger partial charge in [-0.1, -0.05) is 19.3 Å².